The lowest BCUT2D eigenvalue weighted by molar-refractivity contribution is -0.120. The summed E-state index contributed by atoms with van der Waals surface area (Å²) in [4.78, 5) is 36.2. The van der Waals surface area contributed by atoms with Gasteiger partial charge in [-0.25, -0.2) is 13.2 Å². The van der Waals surface area contributed by atoms with Gasteiger partial charge in [0, 0.05) is 6.42 Å². The van der Waals surface area contributed by atoms with Gasteiger partial charge in [0.25, 0.3) is 5.91 Å². The number of carbonyl (C=O) groups excluding carboxylic acids is 3. The topological polar surface area (TPSA) is 90.9 Å². The Morgan fingerprint density at radius 3 is 2.43 bits per heavy atom. The van der Waals surface area contributed by atoms with Crippen LogP contribution in [0.2, 0.25) is 0 Å². The first-order chi connectivity index (χ1) is 14.3. The molecule has 0 aromatic heterocycles. The molecule has 0 spiro atoms. The van der Waals surface area contributed by atoms with Crippen LogP contribution in [0, 0.1) is 17.5 Å². The lowest BCUT2D eigenvalue weighted by Crippen LogP contribution is -2.37. The molecule has 0 aliphatic carbocycles. The van der Waals surface area contributed by atoms with Crippen LogP contribution in [0.15, 0.2) is 47.6 Å². The lowest BCUT2D eigenvalue weighted by Gasteiger charge is -2.20. The van der Waals surface area contributed by atoms with Gasteiger partial charge in [0.05, 0.1) is 17.9 Å². The Hall–Kier alpha value is -3.69. The average molecular weight is 418 g/mol. The zero-order chi connectivity index (χ0) is 21.8. The van der Waals surface area contributed by atoms with Crippen LogP contribution in [0.4, 0.5) is 24.5 Å². The highest BCUT2D eigenvalue weighted by molar-refractivity contribution is 6.40. The number of para-hydroxylation sites is 1. The Balaban J connectivity index is 1.64. The molecule has 2 aromatic rings. The van der Waals surface area contributed by atoms with E-state index in [1.54, 1.807) is 30.3 Å². The van der Waals surface area contributed by atoms with Crippen LogP contribution in [0.25, 0.3) is 0 Å². The van der Waals surface area contributed by atoms with Gasteiger partial charge in [-0.15, -0.1) is 0 Å². The quantitative estimate of drug-likeness (QED) is 0.705. The zero-order valence-corrected chi connectivity index (χ0v) is 15.8. The number of amides is 2. The monoisotopic (exact) mass is 418 g/mol. The molecule has 2 aromatic carbocycles. The van der Waals surface area contributed by atoms with Crippen molar-refractivity contribution in [3.63, 3.8) is 0 Å². The fraction of sp³-hybridized carbons (Fsp3) is 0.200. The minimum Gasteiger partial charge on any atom is -0.342 e. The van der Waals surface area contributed by atoms with Gasteiger partial charge in [-0.05, 0) is 31.2 Å². The van der Waals surface area contributed by atoms with Crippen LogP contribution < -0.4 is 15.6 Å². The molecule has 0 saturated carbocycles. The number of Topliss-reactive ketones (excluding diaryl/α,β-unsaturated/α-hetero) is 1. The fourth-order valence-electron chi connectivity index (χ4n) is 2.86. The van der Waals surface area contributed by atoms with E-state index in [0.29, 0.717) is 11.8 Å². The third-order valence-electron chi connectivity index (χ3n) is 4.38. The van der Waals surface area contributed by atoms with Gasteiger partial charge in [0.2, 0.25) is 5.91 Å². The first-order valence-corrected chi connectivity index (χ1v) is 8.91. The second kappa shape index (κ2) is 8.76. The molecule has 0 fully saturated rings. The summed E-state index contributed by atoms with van der Waals surface area (Å²) < 4.78 is 39.8. The molecule has 156 valence electrons. The van der Waals surface area contributed by atoms with Crippen molar-refractivity contribution in [2.75, 3.05) is 16.9 Å². The second-order valence-electron chi connectivity index (χ2n) is 6.51. The molecule has 7 nitrogen and oxygen atoms in total. The molecule has 2 amide bonds. The molecule has 1 aliphatic heterocycles. The maximum Gasteiger partial charge on any atom is 0.268 e. The Morgan fingerprint density at radius 1 is 1.07 bits per heavy atom. The minimum absolute atomic E-state index is 0.0471. The van der Waals surface area contributed by atoms with Gasteiger partial charge in [-0.3, -0.25) is 19.4 Å². The maximum absolute atomic E-state index is 13.6. The largest absolute Gasteiger partial charge is 0.342 e. The number of rotatable bonds is 6. The maximum atomic E-state index is 13.6. The van der Waals surface area contributed by atoms with Gasteiger partial charge < -0.3 is 10.6 Å². The Kier molecular flexibility index (Phi) is 6.14. The molecule has 30 heavy (non-hydrogen) atoms. The number of hydrogen-bond donors (Lipinski definition) is 2. The van der Waals surface area contributed by atoms with E-state index in [1.165, 1.54) is 11.9 Å². The first kappa shape index (κ1) is 21.0. The number of hydrogen-bond acceptors (Lipinski definition) is 5. The number of ketones is 1. The molecule has 1 atom stereocenters. The lowest BCUT2D eigenvalue weighted by atomic mass is 10.1. The number of halogens is 3. The molecule has 10 heteroatoms. The van der Waals surface area contributed by atoms with Gasteiger partial charge in [0.1, 0.15) is 11.8 Å². The third-order valence-corrected chi connectivity index (χ3v) is 4.38. The molecule has 1 aliphatic rings. The van der Waals surface area contributed by atoms with E-state index in [4.69, 9.17) is 0 Å². The van der Waals surface area contributed by atoms with Crippen LogP contribution in [-0.2, 0) is 14.4 Å². The SMILES string of the molecule is CC(=O)C1CC(C(=O)NCC(=O)Nc2ccc(F)c(F)c2F)=NN1c1ccccc1. The number of benzene rings is 2. The summed E-state index contributed by atoms with van der Waals surface area (Å²) in [6.45, 7) is 0.827. The van der Waals surface area contributed by atoms with E-state index in [0.717, 1.165) is 6.07 Å². The molecule has 3 rings (SSSR count). The summed E-state index contributed by atoms with van der Waals surface area (Å²) in [6.07, 6.45) is 0.0511. The number of anilines is 2. The van der Waals surface area contributed by atoms with Crippen LogP contribution in [0.3, 0.4) is 0 Å². The van der Waals surface area contributed by atoms with Crippen molar-refractivity contribution in [2.24, 2.45) is 5.10 Å². The van der Waals surface area contributed by atoms with Crippen LogP contribution in [0.1, 0.15) is 13.3 Å². The van der Waals surface area contributed by atoms with Gasteiger partial charge in [-0.1, -0.05) is 18.2 Å². The smallest absolute Gasteiger partial charge is 0.268 e. The van der Waals surface area contributed by atoms with Crippen molar-refractivity contribution < 1.29 is 27.6 Å². The number of hydrazone groups is 1. The van der Waals surface area contributed by atoms with Crippen molar-refractivity contribution in [1.82, 2.24) is 5.32 Å². The summed E-state index contributed by atoms with van der Waals surface area (Å²) in [5, 5.41) is 9.99. The highest BCUT2D eigenvalue weighted by Gasteiger charge is 2.34. The summed E-state index contributed by atoms with van der Waals surface area (Å²) in [5.74, 6) is -6.36. The van der Waals surface area contributed by atoms with E-state index in [1.807, 2.05) is 5.32 Å². The normalized spacial score (nSPS) is 15.5. The standard InChI is InChI=1S/C20H17F3N4O3/c1-11(28)16-9-15(26-27(16)12-5-3-2-4-6-12)20(30)24-10-17(29)25-14-8-7-13(21)18(22)19(14)23/h2-8,16H,9-10H2,1H3,(H,24,30)(H,25,29). The summed E-state index contributed by atoms with van der Waals surface area (Å²) in [7, 11) is 0. The summed E-state index contributed by atoms with van der Waals surface area (Å²) in [6, 6.07) is 9.69. The highest BCUT2D eigenvalue weighted by atomic mass is 19.2. The number of nitrogens with one attached hydrogen (secondary N) is 2. The third kappa shape index (κ3) is 4.48. The Morgan fingerprint density at radius 2 is 1.77 bits per heavy atom. The van der Waals surface area contributed by atoms with Gasteiger partial charge >= 0.3 is 0 Å². The molecule has 0 bridgehead atoms. The van der Waals surface area contributed by atoms with Crippen molar-refractivity contribution in [3.05, 3.63) is 59.9 Å². The van der Waals surface area contributed by atoms with Gasteiger partial charge in [0.15, 0.2) is 23.2 Å². The molecular formula is C20H17F3N4O3. The fourth-order valence-corrected chi connectivity index (χ4v) is 2.86. The number of carbonyl (C=O) groups is 3. The molecule has 1 heterocycles. The molecule has 0 saturated heterocycles. The molecule has 0 radical (unpaired) electrons. The Bertz CT molecular complexity index is 1030. The van der Waals surface area contributed by atoms with Crippen molar-refractivity contribution in [1.29, 1.82) is 0 Å². The molecule has 2 N–H and O–H groups in total. The Labute approximate surface area is 169 Å². The highest BCUT2D eigenvalue weighted by Crippen LogP contribution is 2.25. The van der Waals surface area contributed by atoms with Crippen LogP contribution in [-0.4, -0.2) is 35.9 Å². The first-order valence-electron chi connectivity index (χ1n) is 8.91. The molecule has 1 unspecified atom stereocenters. The zero-order valence-electron chi connectivity index (χ0n) is 15.8. The van der Waals surface area contributed by atoms with E-state index in [9.17, 15) is 27.6 Å². The van der Waals surface area contributed by atoms with Crippen molar-refractivity contribution in [2.45, 2.75) is 19.4 Å². The summed E-state index contributed by atoms with van der Waals surface area (Å²) >= 11 is 0. The van der Waals surface area contributed by atoms with E-state index < -0.39 is 47.5 Å². The summed E-state index contributed by atoms with van der Waals surface area (Å²) in [5.41, 5.74) is 0.121. The predicted molar refractivity (Wildman–Crippen MR) is 103 cm³/mol. The van der Waals surface area contributed by atoms with E-state index in [2.05, 4.69) is 10.4 Å². The minimum atomic E-state index is -1.71. The molecular weight excluding hydrogens is 401 g/mol. The average Bonchev–Trinajstić information content (AvgIpc) is 3.19. The number of nitrogens with zero attached hydrogens (tertiary/aromatic N) is 2. The van der Waals surface area contributed by atoms with Gasteiger partial charge in [-0.2, -0.15) is 5.10 Å². The van der Waals surface area contributed by atoms with Crippen LogP contribution in [0.5, 0.6) is 0 Å². The van der Waals surface area contributed by atoms with Crippen LogP contribution >= 0.6 is 0 Å². The van der Waals surface area contributed by atoms with E-state index >= 15 is 0 Å². The van der Waals surface area contributed by atoms with Crippen molar-refractivity contribution in [3.8, 4) is 0 Å². The van der Waals surface area contributed by atoms with E-state index in [-0.39, 0.29) is 17.9 Å². The van der Waals surface area contributed by atoms with Crippen molar-refractivity contribution >= 4 is 34.7 Å². The second-order valence-corrected chi connectivity index (χ2v) is 6.51. The predicted octanol–water partition coefficient (Wildman–Crippen LogP) is 2.38.